The zero-order chi connectivity index (χ0) is 25.1. The molecule has 13 heteroatoms. The van der Waals surface area contributed by atoms with Crippen LogP contribution in [0.5, 0.6) is 5.75 Å². The maximum Gasteiger partial charge on any atom is 0.387 e. The summed E-state index contributed by atoms with van der Waals surface area (Å²) in [5, 5.41) is 15.2. The van der Waals surface area contributed by atoms with Crippen molar-refractivity contribution in [1.29, 1.82) is 0 Å². The number of hydrogen-bond acceptors (Lipinski definition) is 7. The number of ether oxygens (including phenoxy) is 2. The molecule has 1 aliphatic rings. The lowest BCUT2D eigenvalue weighted by molar-refractivity contribution is -0.0494. The van der Waals surface area contributed by atoms with Gasteiger partial charge in [0.2, 0.25) is 0 Å². The molecule has 3 aromatic heterocycles. The Morgan fingerprint density at radius 1 is 1.36 bits per heavy atom. The first-order valence-electron chi connectivity index (χ1n) is 11.2. The van der Waals surface area contributed by atoms with E-state index in [4.69, 9.17) is 21.1 Å². The number of hydrogen-bond donors (Lipinski definition) is 2. The lowest BCUT2D eigenvalue weighted by atomic mass is 10.1. The SMILES string of the molecule is O=C(Nc1cn(CCN[C@H]2CCOC2)nc1-c1cc(Cl)ccc1OC(F)F)c1cnn2cccnc12. The summed E-state index contributed by atoms with van der Waals surface area (Å²) >= 11 is 6.16. The first-order chi connectivity index (χ1) is 17.5. The molecule has 10 nitrogen and oxygen atoms in total. The molecule has 188 valence electrons. The molecule has 0 aliphatic carbocycles. The summed E-state index contributed by atoms with van der Waals surface area (Å²) < 4.78 is 39.4. The Bertz CT molecular complexity index is 1370. The number of carbonyl (C=O) groups excluding carboxylic acids is 1. The van der Waals surface area contributed by atoms with Gasteiger partial charge in [-0.05, 0) is 30.7 Å². The van der Waals surface area contributed by atoms with E-state index in [1.165, 1.54) is 28.9 Å². The van der Waals surface area contributed by atoms with Gasteiger partial charge in [0, 0.05) is 48.4 Å². The Morgan fingerprint density at radius 2 is 2.25 bits per heavy atom. The fourth-order valence-electron chi connectivity index (χ4n) is 3.97. The number of amides is 1. The van der Waals surface area contributed by atoms with E-state index in [0.717, 1.165) is 13.0 Å². The lowest BCUT2D eigenvalue weighted by Crippen LogP contribution is -2.32. The largest absolute Gasteiger partial charge is 0.434 e. The molecular formula is C23H22ClF2N7O3. The van der Waals surface area contributed by atoms with E-state index in [9.17, 15) is 13.6 Å². The van der Waals surface area contributed by atoms with Crippen LogP contribution in [0.15, 0.2) is 49.1 Å². The predicted octanol–water partition coefficient (Wildman–Crippen LogP) is 3.48. The number of fused-ring (bicyclic) bond motifs is 1. The molecule has 1 atom stereocenters. The minimum absolute atomic E-state index is 0.117. The second kappa shape index (κ2) is 10.6. The van der Waals surface area contributed by atoms with Crippen LogP contribution < -0.4 is 15.4 Å². The number of carbonyl (C=O) groups is 1. The minimum Gasteiger partial charge on any atom is -0.434 e. The Labute approximate surface area is 209 Å². The van der Waals surface area contributed by atoms with Crippen LogP contribution >= 0.6 is 11.6 Å². The molecule has 4 aromatic rings. The van der Waals surface area contributed by atoms with Crippen molar-refractivity contribution in [2.24, 2.45) is 0 Å². The standard InChI is InChI=1S/C23H22ClF2N7O3/c24-14-2-3-19(36-23(25)26)16(10-14)20-18(12-32(31-20)8-6-27-15-4-9-35-13-15)30-22(34)17-11-29-33-7-1-5-28-21(17)33/h1-3,5,7,10-12,15,23,27H,4,6,8-9,13H2,(H,30,34)/t15-/m0/s1. The molecule has 1 aliphatic heterocycles. The molecule has 0 saturated carbocycles. The van der Waals surface area contributed by atoms with Gasteiger partial charge in [-0.25, -0.2) is 9.50 Å². The highest BCUT2D eigenvalue weighted by atomic mass is 35.5. The first kappa shape index (κ1) is 24.1. The van der Waals surface area contributed by atoms with Crippen LogP contribution in [0.1, 0.15) is 16.8 Å². The Kier molecular flexibility index (Phi) is 7.07. The number of halogens is 3. The number of alkyl halides is 2. The highest BCUT2D eigenvalue weighted by Crippen LogP contribution is 2.37. The lowest BCUT2D eigenvalue weighted by Gasteiger charge is -2.11. The van der Waals surface area contributed by atoms with Gasteiger partial charge in [0.25, 0.3) is 5.91 Å². The maximum atomic E-state index is 13.2. The molecule has 0 unspecified atom stereocenters. The van der Waals surface area contributed by atoms with Crippen molar-refractivity contribution in [3.63, 3.8) is 0 Å². The highest BCUT2D eigenvalue weighted by molar-refractivity contribution is 6.31. The average Bonchev–Trinajstić information content (AvgIpc) is 3.60. The van der Waals surface area contributed by atoms with Crippen LogP contribution in [0.25, 0.3) is 16.9 Å². The van der Waals surface area contributed by atoms with Crippen LogP contribution in [-0.4, -0.2) is 62.7 Å². The zero-order valence-electron chi connectivity index (χ0n) is 18.9. The van der Waals surface area contributed by atoms with Crippen molar-refractivity contribution in [2.45, 2.75) is 25.6 Å². The summed E-state index contributed by atoms with van der Waals surface area (Å²) in [6.45, 7) is -0.622. The maximum absolute atomic E-state index is 13.2. The molecule has 4 heterocycles. The number of benzene rings is 1. The number of anilines is 1. The number of rotatable bonds is 9. The van der Waals surface area contributed by atoms with Crippen molar-refractivity contribution in [3.05, 3.63) is 59.6 Å². The number of aromatic nitrogens is 5. The van der Waals surface area contributed by atoms with Gasteiger partial charge >= 0.3 is 6.61 Å². The van der Waals surface area contributed by atoms with Gasteiger partial charge < -0.3 is 20.1 Å². The summed E-state index contributed by atoms with van der Waals surface area (Å²) in [5.74, 6) is -0.599. The van der Waals surface area contributed by atoms with Gasteiger partial charge in [-0.1, -0.05) is 11.6 Å². The summed E-state index contributed by atoms with van der Waals surface area (Å²) in [7, 11) is 0. The molecule has 2 N–H and O–H groups in total. The van der Waals surface area contributed by atoms with E-state index in [-0.39, 0.29) is 28.6 Å². The highest BCUT2D eigenvalue weighted by Gasteiger charge is 2.22. The molecular weight excluding hydrogens is 496 g/mol. The monoisotopic (exact) mass is 517 g/mol. The molecule has 1 aromatic carbocycles. The fraction of sp³-hybridized carbons (Fsp3) is 0.304. The molecule has 0 radical (unpaired) electrons. The van der Waals surface area contributed by atoms with E-state index in [0.29, 0.717) is 36.1 Å². The zero-order valence-corrected chi connectivity index (χ0v) is 19.7. The first-order valence-corrected chi connectivity index (χ1v) is 11.6. The minimum atomic E-state index is -3.05. The molecule has 0 bridgehead atoms. The Balaban J connectivity index is 1.46. The van der Waals surface area contributed by atoms with Gasteiger partial charge in [0.15, 0.2) is 5.65 Å². The van der Waals surface area contributed by atoms with Gasteiger partial charge in [-0.3, -0.25) is 9.48 Å². The van der Waals surface area contributed by atoms with Crippen LogP contribution in [0.4, 0.5) is 14.5 Å². The molecule has 0 spiro atoms. The van der Waals surface area contributed by atoms with Gasteiger partial charge in [0.05, 0.1) is 25.0 Å². The van der Waals surface area contributed by atoms with Gasteiger partial charge in [-0.2, -0.15) is 19.0 Å². The van der Waals surface area contributed by atoms with Crippen LogP contribution in [0.2, 0.25) is 5.02 Å². The molecule has 5 rings (SSSR count). The van der Waals surface area contributed by atoms with Crippen molar-refractivity contribution >= 4 is 28.8 Å². The van der Waals surface area contributed by atoms with E-state index in [1.807, 2.05) is 0 Å². The van der Waals surface area contributed by atoms with Crippen molar-refractivity contribution in [2.75, 3.05) is 25.1 Å². The summed E-state index contributed by atoms with van der Waals surface area (Å²) in [4.78, 5) is 17.4. The number of nitrogens with zero attached hydrogens (tertiary/aromatic N) is 5. The topological polar surface area (TPSA) is 108 Å². The van der Waals surface area contributed by atoms with Crippen molar-refractivity contribution in [1.82, 2.24) is 29.7 Å². The molecule has 36 heavy (non-hydrogen) atoms. The third-order valence-corrected chi connectivity index (χ3v) is 5.89. The van der Waals surface area contributed by atoms with Gasteiger partial charge in [-0.15, -0.1) is 0 Å². The van der Waals surface area contributed by atoms with Crippen LogP contribution in [0.3, 0.4) is 0 Å². The van der Waals surface area contributed by atoms with Crippen molar-refractivity contribution in [3.8, 4) is 17.0 Å². The van der Waals surface area contributed by atoms with Gasteiger partial charge in [0.1, 0.15) is 17.0 Å². The van der Waals surface area contributed by atoms with E-state index in [2.05, 4.69) is 25.8 Å². The smallest absolute Gasteiger partial charge is 0.387 e. The fourth-order valence-corrected chi connectivity index (χ4v) is 4.14. The van der Waals surface area contributed by atoms with Crippen LogP contribution in [-0.2, 0) is 11.3 Å². The summed E-state index contributed by atoms with van der Waals surface area (Å²) in [6, 6.07) is 6.20. The second-order valence-electron chi connectivity index (χ2n) is 8.09. The quantitative estimate of drug-likeness (QED) is 0.350. The predicted molar refractivity (Wildman–Crippen MR) is 127 cm³/mol. The van der Waals surface area contributed by atoms with Crippen molar-refractivity contribution < 1.29 is 23.0 Å². The summed E-state index contributed by atoms with van der Waals surface area (Å²) in [5.41, 5.74) is 1.35. The third kappa shape index (κ3) is 5.30. The van der Waals surface area contributed by atoms with Crippen LogP contribution in [0, 0.1) is 0 Å². The third-order valence-electron chi connectivity index (χ3n) is 5.65. The van der Waals surface area contributed by atoms with E-state index >= 15 is 0 Å². The Hall–Kier alpha value is -3.61. The molecule has 1 fully saturated rings. The second-order valence-corrected chi connectivity index (χ2v) is 8.52. The summed E-state index contributed by atoms with van der Waals surface area (Å²) in [6.07, 6.45) is 7.19. The molecule has 1 saturated heterocycles. The van der Waals surface area contributed by atoms with E-state index < -0.39 is 12.5 Å². The normalized spacial score (nSPS) is 15.6. The van der Waals surface area contributed by atoms with E-state index in [1.54, 1.807) is 29.3 Å². The average molecular weight is 518 g/mol. The Morgan fingerprint density at radius 3 is 3.06 bits per heavy atom. The molecule has 1 amide bonds. The number of nitrogens with one attached hydrogen (secondary N) is 2.